The van der Waals surface area contributed by atoms with Gasteiger partial charge in [-0.1, -0.05) is 13.3 Å². The molecule has 0 saturated carbocycles. The van der Waals surface area contributed by atoms with Crippen LogP contribution in [-0.2, 0) is 19.1 Å². The minimum Gasteiger partial charge on any atom is -0.384 e. The number of unbranched alkanes of at least 4 members (excludes halogenated alkanes) is 1. The lowest BCUT2D eigenvalue weighted by atomic mass is 10.0. The van der Waals surface area contributed by atoms with E-state index in [1.54, 1.807) is 20.0 Å². The van der Waals surface area contributed by atoms with Gasteiger partial charge in [-0.25, -0.2) is 0 Å². The van der Waals surface area contributed by atoms with Crippen LogP contribution in [0.2, 0.25) is 0 Å². The van der Waals surface area contributed by atoms with Gasteiger partial charge in [-0.2, -0.15) is 5.10 Å². The van der Waals surface area contributed by atoms with Gasteiger partial charge in [0.05, 0.1) is 17.1 Å². The third kappa shape index (κ3) is 3.25. The third-order valence-corrected chi connectivity index (χ3v) is 3.40. The van der Waals surface area contributed by atoms with E-state index in [0.29, 0.717) is 5.69 Å². The first kappa shape index (κ1) is 14.7. The van der Waals surface area contributed by atoms with Gasteiger partial charge in [0.1, 0.15) is 5.60 Å². The number of pyridine rings is 1. The van der Waals surface area contributed by atoms with Gasteiger partial charge >= 0.3 is 0 Å². The molecule has 2 aromatic heterocycles. The van der Waals surface area contributed by atoms with Crippen molar-refractivity contribution in [1.29, 1.82) is 0 Å². The minimum atomic E-state index is -0.931. The van der Waals surface area contributed by atoms with E-state index in [9.17, 15) is 5.11 Å². The number of rotatable bonds is 5. The summed E-state index contributed by atoms with van der Waals surface area (Å²) >= 11 is 0. The molecule has 2 aromatic rings. The van der Waals surface area contributed by atoms with Crippen LogP contribution in [0.5, 0.6) is 0 Å². The molecule has 0 aliphatic carbocycles. The lowest BCUT2D eigenvalue weighted by Gasteiger charge is -2.17. The maximum atomic E-state index is 10.1. The van der Waals surface area contributed by atoms with E-state index in [1.165, 1.54) is 6.42 Å². The molecule has 0 unspecified atom stereocenters. The van der Waals surface area contributed by atoms with Crippen molar-refractivity contribution in [3.63, 3.8) is 0 Å². The van der Waals surface area contributed by atoms with Crippen molar-refractivity contribution in [2.24, 2.45) is 7.05 Å². The van der Waals surface area contributed by atoms with Crippen LogP contribution in [0.3, 0.4) is 0 Å². The zero-order valence-corrected chi connectivity index (χ0v) is 12.7. The highest BCUT2D eigenvalue weighted by atomic mass is 16.3. The minimum absolute atomic E-state index is 0.673. The molecule has 0 amide bonds. The molecule has 2 rings (SSSR count). The quantitative estimate of drug-likeness (QED) is 0.911. The Labute approximate surface area is 120 Å². The number of hydrogen-bond acceptors (Lipinski definition) is 3. The summed E-state index contributed by atoms with van der Waals surface area (Å²) in [6.45, 7) is 5.67. The average Bonchev–Trinajstić information content (AvgIpc) is 2.77. The van der Waals surface area contributed by atoms with Crippen LogP contribution in [0.4, 0.5) is 0 Å². The summed E-state index contributed by atoms with van der Waals surface area (Å²) in [6.07, 6.45) is 5.07. The second kappa shape index (κ2) is 5.75. The molecule has 0 aliphatic heterocycles. The maximum absolute atomic E-state index is 10.1. The van der Waals surface area contributed by atoms with E-state index in [1.807, 2.05) is 23.9 Å². The molecule has 0 aliphatic rings. The van der Waals surface area contributed by atoms with Crippen molar-refractivity contribution >= 4 is 0 Å². The first-order valence-corrected chi connectivity index (χ1v) is 7.14. The van der Waals surface area contributed by atoms with Crippen molar-refractivity contribution in [2.75, 3.05) is 0 Å². The monoisotopic (exact) mass is 273 g/mol. The fourth-order valence-corrected chi connectivity index (χ4v) is 2.20. The van der Waals surface area contributed by atoms with Crippen molar-refractivity contribution < 1.29 is 5.11 Å². The van der Waals surface area contributed by atoms with E-state index >= 15 is 0 Å². The molecule has 0 saturated heterocycles. The highest BCUT2D eigenvalue weighted by molar-refractivity contribution is 5.60. The SMILES string of the molecule is CCCCc1cc(-c2ccnc(C(C)(C)O)c2)n(C)n1. The highest BCUT2D eigenvalue weighted by Crippen LogP contribution is 2.25. The van der Waals surface area contributed by atoms with Crippen molar-refractivity contribution in [3.05, 3.63) is 35.8 Å². The van der Waals surface area contributed by atoms with Gasteiger partial charge in [0, 0.05) is 18.8 Å². The lowest BCUT2D eigenvalue weighted by molar-refractivity contribution is 0.0739. The smallest absolute Gasteiger partial charge is 0.101 e. The van der Waals surface area contributed by atoms with Gasteiger partial charge in [-0.05, 0) is 44.9 Å². The Morgan fingerprint density at radius 2 is 2.05 bits per heavy atom. The first-order chi connectivity index (χ1) is 9.41. The molecule has 4 nitrogen and oxygen atoms in total. The first-order valence-electron chi connectivity index (χ1n) is 7.14. The Balaban J connectivity index is 2.34. The van der Waals surface area contributed by atoms with E-state index in [-0.39, 0.29) is 0 Å². The molecule has 20 heavy (non-hydrogen) atoms. The van der Waals surface area contributed by atoms with Crippen LogP contribution in [0.1, 0.15) is 45.0 Å². The number of hydrogen-bond donors (Lipinski definition) is 1. The van der Waals surface area contributed by atoms with Crippen molar-refractivity contribution in [1.82, 2.24) is 14.8 Å². The number of aliphatic hydroxyl groups is 1. The predicted octanol–water partition coefficient (Wildman–Crippen LogP) is 3.05. The Morgan fingerprint density at radius 3 is 2.70 bits per heavy atom. The highest BCUT2D eigenvalue weighted by Gasteiger charge is 2.18. The predicted molar refractivity (Wildman–Crippen MR) is 80.3 cm³/mol. The molecular weight excluding hydrogens is 250 g/mol. The lowest BCUT2D eigenvalue weighted by Crippen LogP contribution is -2.17. The van der Waals surface area contributed by atoms with Crippen LogP contribution in [0.15, 0.2) is 24.4 Å². The third-order valence-electron chi connectivity index (χ3n) is 3.40. The van der Waals surface area contributed by atoms with E-state index in [2.05, 4.69) is 23.1 Å². The van der Waals surface area contributed by atoms with Crippen LogP contribution in [0, 0.1) is 0 Å². The standard InChI is InChI=1S/C16H23N3O/c1-5-6-7-13-11-14(19(4)18-13)12-8-9-17-15(10-12)16(2,3)20/h8-11,20H,5-7H2,1-4H3. The summed E-state index contributed by atoms with van der Waals surface area (Å²) in [7, 11) is 1.95. The van der Waals surface area contributed by atoms with Crippen molar-refractivity contribution in [2.45, 2.75) is 45.6 Å². The number of nitrogens with zero attached hydrogens (tertiary/aromatic N) is 3. The van der Waals surface area contributed by atoms with Gasteiger partial charge in [0.25, 0.3) is 0 Å². The molecule has 0 aromatic carbocycles. The molecular formula is C16H23N3O. The molecule has 2 heterocycles. The maximum Gasteiger partial charge on any atom is 0.101 e. The van der Waals surface area contributed by atoms with E-state index in [0.717, 1.165) is 29.8 Å². The molecule has 0 spiro atoms. The molecule has 0 radical (unpaired) electrons. The molecule has 0 atom stereocenters. The van der Waals surface area contributed by atoms with Crippen LogP contribution in [0.25, 0.3) is 11.3 Å². The molecule has 1 N–H and O–H groups in total. The fraction of sp³-hybridized carbons (Fsp3) is 0.500. The van der Waals surface area contributed by atoms with Crippen LogP contribution >= 0.6 is 0 Å². The summed E-state index contributed by atoms with van der Waals surface area (Å²) in [5.74, 6) is 0. The van der Waals surface area contributed by atoms with Gasteiger partial charge in [-0.3, -0.25) is 9.67 Å². The summed E-state index contributed by atoms with van der Waals surface area (Å²) in [5.41, 5.74) is 2.95. The van der Waals surface area contributed by atoms with Crippen LogP contribution in [-0.4, -0.2) is 19.9 Å². The van der Waals surface area contributed by atoms with Gasteiger partial charge in [0.2, 0.25) is 0 Å². The number of aromatic nitrogens is 3. The molecule has 0 bridgehead atoms. The van der Waals surface area contributed by atoms with Crippen molar-refractivity contribution in [3.8, 4) is 11.3 Å². The Bertz CT molecular complexity index is 582. The van der Waals surface area contributed by atoms with E-state index < -0.39 is 5.60 Å². The Hall–Kier alpha value is -1.68. The average molecular weight is 273 g/mol. The normalized spacial score (nSPS) is 11.8. The topological polar surface area (TPSA) is 50.9 Å². The van der Waals surface area contributed by atoms with Gasteiger partial charge in [-0.15, -0.1) is 0 Å². The zero-order chi connectivity index (χ0) is 14.8. The van der Waals surface area contributed by atoms with Gasteiger partial charge < -0.3 is 5.11 Å². The fourth-order valence-electron chi connectivity index (χ4n) is 2.20. The summed E-state index contributed by atoms with van der Waals surface area (Å²) < 4.78 is 1.90. The molecule has 108 valence electrons. The second-order valence-electron chi connectivity index (χ2n) is 5.74. The van der Waals surface area contributed by atoms with Gasteiger partial charge in [0.15, 0.2) is 0 Å². The second-order valence-corrected chi connectivity index (χ2v) is 5.74. The van der Waals surface area contributed by atoms with Crippen LogP contribution < -0.4 is 0 Å². The molecule has 0 fully saturated rings. The largest absolute Gasteiger partial charge is 0.384 e. The summed E-state index contributed by atoms with van der Waals surface area (Å²) in [4.78, 5) is 4.24. The zero-order valence-electron chi connectivity index (χ0n) is 12.7. The Kier molecular flexibility index (Phi) is 4.23. The summed E-state index contributed by atoms with van der Waals surface area (Å²) in [6, 6.07) is 6.01. The Morgan fingerprint density at radius 1 is 1.30 bits per heavy atom. The molecule has 4 heteroatoms. The summed E-state index contributed by atoms with van der Waals surface area (Å²) in [5, 5.41) is 14.6. The number of aryl methyl sites for hydroxylation is 2. The van der Waals surface area contributed by atoms with E-state index in [4.69, 9.17) is 0 Å².